The van der Waals surface area contributed by atoms with E-state index in [1.165, 1.54) is 154 Å². The molecule has 2 nitrogen and oxygen atoms in total. The maximum Gasteiger partial charge on any atom is 0.0480 e. The second-order valence-electron chi connectivity index (χ2n) is 9.73. The van der Waals surface area contributed by atoms with Gasteiger partial charge in [0.2, 0.25) is 0 Å². The Morgan fingerprint density at radius 2 is 0.742 bits per heavy atom. The number of unbranched alkanes of at least 4 members (excludes halogenated alkanes) is 23. The molecule has 0 radical (unpaired) electrons. The van der Waals surface area contributed by atoms with Crippen molar-refractivity contribution in [3.63, 3.8) is 0 Å². The lowest BCUT2D eigenvalue weighted by atomic mass is 10.0. The van der Waals surface area contributed by atoms with Crippen molar-refractivity contribution in [2.24, 2.45) is 4.99 Å². The van der Waals surface area contributed by atoms with Crippen molar-refractivity contribution in [2.45, 2.75) is 167 Å². The van der Waals surface area contributed by atoms with Crippen molar-refractivity contribution in [1.82, 2.24) is 0 Å². The number of nitrogens with zero attached hydrogens (tertiary/aromatic N) is 1. The molecule has 0 aromatic carbocycles. The molecule has 1 N–H and O–H groups in total. The quantitative estimate of drug-likeness (QED) is 0.101. The Labute approximate surface area is 197 Å². The van der Waals surface area contributed by atoms with E-state index in [0.29, 0.717) is 6.42 Å². The molecule has 0 unspecified atom stereocenters. The van der Waals surface area contributed by atoms with Crippen LogP contribution in [0.2, 0.25) is 0 Å². The second-order valence-corrected chi connectivity index (χ2v) is 9.73. The molecule has 0 spiro atoms. The van der Waals surface area contributed by atoms with Crippen LogP contribution in [-0.2, 0) is 0 Å². The van der Waals surface area contributed by atoms with Gasteiger partial charge in [-0.05, 0) is 6.42 Å². The van der Waals surface area contributed by atoms with Gasteiger partial charge in [0.25, 0.3) is 0 Å². The second kappa shape index (κ2) is 29.6. The molecule has 0 fully saturated rings. The number of hydrogen-bond donors (Lipinski definition) is 1. The van der Waals surface area contributed by atoms with Crippen LogP contribution in [0.3, 0.4) is 0 Å². The van der Waals surface area contributed by atoms with Crippen LogP contribution >= 0.6 is 0 Å². The minimum atomic E-state index is 0.225. The first kappa shape index (κ1) is 30.6. The molecule has 0 amide bonds. The van der Waals surface area contributed by atoms with E-state index in [1.54, 1.807) is 0 Å². The molecule has 0 aliphatic rings. The molecular weight excluding hydrogens is 378 g/mol. The van der Waals surface area contributed by atoms with Crippen LogP contribution in [0.1, 0.15) is 167 Å². The lowest BCUT2D eigenvalue weighted by Crippen LogP contribution is -1.87. The summed E-state index contributed by atoms with van der Waals surface area (Å²) in [5.74, 6) is 0. The Kier molecular flexibility index (Phi) is 29.3. The Morgan fingerprint density at radius 1 is 0.452 bits per heavy atom. The number of hydrogen-bond acceptors (Lipinski definition) is 2. The highest BCUT2D eigenvalue weighted by atomic mass is 16.2. The van der Waals surface area contributed by atoms with E-state index in [4.69, 9.17) is 5.11 Å². The maximum absolute atomic E-state index is 8.67. The van der Waals surface area contributed by atoms with Gasteiger partial charge in [0.15, 0.2) is 0 Å². The number of rotatable bonds is 27. The van der Waals surface area contributed by atoms with Gasteiger partial charge in [-0.2, -0.15) is 0 Å². The summed E-state index contributed by atoms with van der Waals surface area (Å²) in [5.41, 5.74) is 0. The molecule has 0 heterocycles. The molecule has 0 aliphatic carbocycles. The average Bonchev–Trinajstić information content (AvgIpc) is 2.78. The summed E-state index contributed by atoms with van der Waals surface area (Å²) in [5, 5.41) is 8.67. The minimum Gasteiger partial charge on any atom is -0.396 e. The molecule has 2 heteroatoms. The fraction of sp³-hybridized carbons (Fsp3) is 0.966. The number of aliphatic hydroxyl groups is 1. The number of aliphatic hydroxyl groups excluding tert-OH is 1. The first-order valence-electron chi connectivity index (χ1n) is 14.5. The van der Waals surface area contributed by atoms with Gasteiger partial charge in [-0.15, -0.1) is 0 Å². The van der Waals surface area contributed by atoms with E-state index in [9.17, 15) is 0 Å². The lowest BCUT2D eigenvalue weighted by molar-refractivity contribution is 0.308. The van der Waals surface area contributed by atoms with Crippen molar-refractivity contribution in [2.75, 3.05) is 13.2 Å². The third kappa shape index (κ3) is 29.6. The van der Waals surface area contributed by atoms with Crippen LogP contribution in [0.4, 0.5) is 0 Å². The topological polar surface area (TPSA) is 32.6 Å². The third-order valence-corrected chi connectivity index (χ3v) is 6.53. The molecule has 186 valence electrons. The molecule has 0 saturated heterocycles. The SMILES string of the molecule is CCCCCCCCCCCCCCCCCCCCCCCCCCN=CCCO. The molecule has 0 aliphatic heterocycles. The first-order chi connectivity index (χ1) is 15.4. The Hall–Kier alpha value is -0.370. The summed E-state index contributed by atoms with van der Waals surface area (Å²) in [6.07, 6.45) is 37.1. The predicted octanol–water partition coefficient (Wildman–Crippen LogP) is 9.82. The maximum atomic E-state index is 8.67. The summed E-state index contributed by atoms with van der Waals surface area (Å²) in [6, 6.07) is 0. The molecule has 0 rings (SSSR count). The van der Waals surface area contributed by atoms with Crippen LogP contribution in [0.15, 0.2) is 4.99 Å². The van der Waals surface area contributed by atoms with E-state index in [-0.39, 0.29) is 6.61 Å². The molecule has 0 bridgehead atoms. The zero-order chi connectivity index (χ0) is 22.5. The van der Waals surface area contributed by atoms with Gasteiger partial charge >= 0.3 is 0 Å². The standard InChI is InChI=1S/C29H59NO/c1-2-3-4-5-6-7-8-9-10-11-12-13-14-15-16-17-18-19-20-21-22-23-24-25-27-30-28-26-29-31/h28,31H,2-27,29H2,1H3. The largest absolute Gasteiger partial charge is 0.396 e. The average molecular weight is 438 g/mol. The summed E-state index contributed by atoms with van der Waals surface area (Å²) in [7, 11) is 0. The van der Waals surface area contributed by atoms with E-state index < -0.39 is 0 Å². The van der Waals surface area contributed by atoms with E-state index >= 15 is 0 Å². The number of aliphatic imine (C=N–C) groups is 1. The Morgan fingerprint density at radius 3 is 1.03 bits per heavy atom. The van der Waals surface area contributed by atoms with Crippen molar-refractivity contribution in [1.29, 1.82) is 0 Å². The van der Waals surface area contributed by atoms with Crippen molar-refractivity contribution < 1.29 is 5.11 Å². The van der Waals surface area contributed by atoms with Gasteiger partial charge in [-0.25, -0.2) is 0 Å². The molecule has 31 heavy (non-hydrogen) atoms. The van der Waals surface area contributed by atoms with Crippen LogP contribution in [0.25, 0.3) is 0 Å². The van der Waals surface area contributed by atoms with Gasteiger partial charge in [0.05, 0.1) is 0 Å². The fourth-order valence-corrected chi connectivity index (χ4v) is 4.41. The van der Waals surface area contributed by atoms with Gasteiger partial charge in [-0.1, -0.05) is 155 Å². The van der Waals surface area contributed by atoms with Crippen LogP contribution < -0.4 is 0 Å². The zero-order valence-electron chi connectivity index (χ0n) is 21.6. The monoisotopic (exact) mass is 437 g/mol. The van der Waals surface area contributed by atoms with E-state index in [1.807, 2.05) is 6.21 Å². The Bertz CT molecular complexity index is 329. The minimum absolute atomic E-state index is 0.225. The normalized spacial score (nSPS) is 11.7. The summed E-state index contributed by atoms with van der Waals surface area (Å²) in [4.78, 5) is 4.30. The third-order valence-electron chi connectivity index (χ3n) is 6.53. The lowest BCUT2D eigenvalue weighted by Gasteiger charge is -2.04. The summed E-state index contributed by atoms with van der Waals surface area (Å²) >= 11 is 0. The van der Waals surface area contributed by atoms with Crippen molar-refractivity contribution >= 4 is 6.21 Å². The molecular formula is C29H59NO. The van der Waals surface area contributed by atoms with Crippen LogP contribution in [0, 0.1) is 0 Å². The highest BCUT2D eigenvalue weighted by molar-refractivity contribution is 5.57. The molecule has 0 aromatic rings. The first-order valence-corrected chi connectivity index (χ1v) is 14.5. The summed E-state index contributed by atoms with van der Waals surface area (Å²) in [6.45, 7) is 3.47. The zero-order valence-corrected chi connectivity index (χ0v) is 21.6. The van der Waals surface area contributed by atoms with Crippen LogP contribution in [-0.4, -0.2) is 24.5 Å². The van der Waals surface area contributed by atoms with E-state index in [0.717, 1.165) is 6.54 Å². The van der Waals surface area contributed by atoms with E-state index in [2.05, 4.69) is 11.9 Å². The smallest absolute Gasteiger partial charge is 0.0480 e. The van der Waals surface area contributed by atoms with Gasteiger partial charge < -0.3 is 5.11 Å². The van der Waals surface area contributed by atoms with Crippen LogP contribution in [0.5, 0.6) is 0 Å². The van der Waals surface area contributed by atoms with Gasteiger partial charge in [0, 0.05) is 25.8 Å². The van der Waals surface area contributed by atoms with Crippen molar-refractivity contribution in [3.05, 3.63) is 0 Å². The molecule has 0 saturated carbocycles. The Balaban J connectivity index is 3.01. The fourth-order valence-electron chi connectivity index (χ4n) is 4.41. The van der Waals surface area contributed by atoms with Gasteiger partial charge in [0.1, 0.15) is 0 Å². The summed E-state index contributed by atoms with van der Waals surface area (Å²) < 4.78 is 0. The molecule has 0 atom stereocenters. The van der Waals surface area contributed by atoms with Crippen molar-refractivity contribution in [3.8, 4) is 0 Å². The van der Waals surface area contributed by atoms with Gasteiger partial charge in [-0.3, -0.25) is 4.99 Å². The predicted molar refractivity (Wildman–Crippen MR) is 142 cm³/mol. The highest BCUT2D eigenvalue weighted by Crippen LogP contribution is 2.15. The highest BCUT2D eigenvalue weighted by Gasteiger charge is 1.96. The molecule has 0 aromatic heterocycles.